The number of nitrogens with zero attached hydrogens (tertiary/aromatic N) is 1. The van der Waals surface area contributed by atoms with E-state index in [-0.39, 0.29) is 5.91 Å². The number of hydrogen-bond donors (Lipinski definition) is 2. The summed E-state index contributed by atoms with van der Waals surface area (Å²) < 4.78 is 5.10. The first-order chi connectivity index (χ1) is 10.1. The van der Waals surface area contributed by atoms with Gasteiger partial charge in [-0.25, -0.2) is 0 Å². The van der Waals surface area contributed by atoms with Crippen molar-refractivity contribution in [3.05, 3.63) is 18.2 Å². The summed E-state index contributed by atoms with van der Waals surface area (Å²) >= 11 is 0. The van der Waals surface area contributed by atoms with Crippen molar-refractivity contribution in [2.75, 3.05) is 37.8 Å². The summed E-state index contributed by atoms with van der Waals surface area (Å²) in [6.07, 6.45) is 3.67. The van der Waals surface area contributed by atoms with Crippen LogP contribution in [-0.4, -0.2) is 37.6 Å². The van der Waals surface area contributed by atoms with Crippen molar-refractivity contribution < 1.29 is 9.53 Å². The molecule has 1 atom stereocenters. The van der Waals surface area contributed by atoms with Crippen molar-refractivity contribution in [3.8, 4) is 5.75 Å². The van der Waals surface area contributed by atoms with E-state index in [4.69, 9.17) is 10.5 Å². The number of nitrogens with one attached hydrogen (secondary N) is 1. The highest BCUT2D eigenvalue weighted by atomic mass is 16.5. The van der Waals surface area contributed by atoms with Crippen molar-refractivity contribution in [1.29, 1.82) is 0 Å². The first kappa shape index (κ1) is 15.6. The SMILES string of the molecule is CCCC1CCN(CC(=O)Nc2ccc(OC)cc2N)C1. The van der Waals surface area contributed by atoms with Gasteiger partial charge in [0.25, 0.3) is 0 Å². The van der Waals surface area contributed by atoms with Crippen LogP contribution >= 0.6 is 0 Å². The molecule has 5 heteroatoms. The first-order valence-electron chi connectivity index (χ1n) is 7.58. The lowest BCUT2D eigenvalue weighted by Crippen LogP contribution is -2.31. The predicted molar refractivity (Wildman–Crippen MR) is 85.5 cm³/mol. The molecule has 1 fully saturated rings. The molecule has 1 aromatic carbocycles. The van der Waals surface area contributed by atoms with Crippen molar-refractivity contribution in [2.45, 2.75) is 26.2 Å². The molecular weight excluding hydrogens is 266 g/mol. The van der Waals surface area contributed by atoms with E-state index in [1.54, 1.807) is 25.3 Å². The summed E-state index contributed by atoms with van der Waals surface area (Å²) in [5.41, 5.74) is 7.07. The predicted octanol–water partition coefficient (Wildman–Crippen LogP) is 2.34. The second-order valence-corrected chi connectivity index (χ2v) is 5.68. The number of nitrogens with two attached hydrogens (primary N) is 1. The third-order valence-corrected chi connectivity index (χ3v) is 3.97. The average molecular weight is 291 g/mol. The maximum absolute atomic E-state index is 12.1. The minimum atomic E-state index is -0.0102. The van der Waals surface area contributed by atoms with Gasteiger partial charge in [-0.1, -0.05) is 13.3 Å². The smallest absolute Gasteiger partial charge is 0.238 e. The van der Waals surface area contributed by atoms with Crippen LogP contribution in [0.4, 0.5) is 11.4 Å². The van der Waals surface area contributed by atoms with Crippen LogP contribution in [0.1, 0.15) is 26.2 Å². The van der Waals surface area contributed by atoms with Crippen LogP contribution in [-0.2, 0) is 4.79 Å². The van der Waals surface area contributed by atoms with Crippen LogP contribution in [0.25, 0.3) is 0 Å². The molecule has 1 aliphatic heterocycles. The minimum absolute atomic E-state index is 0.0102. The molecule has 3 N–H and O–H groups in total. The maximum atomic E-state index is 12.1. The largest absolute Gasteiger partial charge is 0.497 e. The van der Waals surface area contributed by atoms with Gasteiger partial charge in [0, 0.05) is 12.6 Å². The Kier molecular flexibility index (Phi) is 5.44. The third-order valence-electron chi connectivity index (χ3n) is 3.97. The van der Waals surface area contributed by atoms with Gasteiger partial charge in [-0.15, -0.1) is 0 Å². The molecule has 0 saturated carbocycles. The normalized spacial score (nSPS) is 18.7. The van der Waals surface area contributed by atoms with E-state index >= 15 is 0 Å². The van der Waals surface area contributed by atoms with E-state index in [0.717, 1.165) is 19.0 Å². The van der Waals surface area contributed by atoms with Crippen molar-refractivity contribution in [2.24, 2.45) is 5.92 Å². The molecule has 116 valence electrons. The Morgan fingerprint density at radius 1 is 1.52 bits per heavy atom. The van der Waals surface area contributed by atoms with Crippen LogP contribution in [0.5, 0.6) is 5.75 Å². The van der Waals surface area contributed by atoms with Gasteiger partial charge in [-0.3, -0.25) is 9.69 Å². The number of anilines is 2. The highest BCUT2D eigenvalue weighted by molar-refractivity contribution is 5.95. The molecule has 2 rings (SSSR count). The van der Waals surface area contributed by atoms with E-state index in [9.17, 15) is 4.79 Å². The summed E-state index contributed by atoms with van der Waals surface area (Å²) in [5, 5.41) is 2.87. The average Bonchev–Trinajstić information content (AvgIpc) is 2.88. The molecule has 1 heterocycles. The van der Waals surface area contributed by atoms with Crippen LogP contribution in [0.15, 0.2) is 18.2 Å². The molecule has 5 nitrogen and oxygen atoms in total. The van der Waals surface area contributed by atoms with Crippen LogP contribution in [0.3, 0.4) is 0 Å². The molecule has 0 aliphatic carbocycles. The van der Waals surface area contributed by atoms with Gasteiger partial charge in [0.2, 0.25) is 5.91 Å². The van der Waals surface area contributed by atoms with Gasteiger partial charge >= 0.3 is 0 Å². The number of carbonyl (C=O) groups is 1. The number of likely N-dealkylation sites (tertiary alicyclic amines) is 1. The zero-order chi connectivity index (χ0) is 15.2. The first-order valence-corrected chi connectivity index (χ1v) is 7.58. The minimum Gasteiger partial charge on any atom is -0.497 e. The Bertz CT molecular complexity index is 490. The fourth-order valence-electron chi connectivity index (χ4n) is 2.87. The summed E-state index contributed by atoms with van der Waals surface area (Å²) in [6, 6.07) is 5.28. The van der Waals surface area contributed by atoms with Gasteiger partial charge in [-0.2, -0.15) is 0 Å². The van der Waals surface area contributed by atoms with Crippen LogP contribution in [0.2, 0.25) is 0 Å². The fourth-order valence-corrected chi connectivity index (χ4v) is 2.87. The lowest BCUT2D eigenvalue weighted by Gasteiger charge is -2.16. The summed E-state index contributed by atoms with van der Waals surface area (Å²) in [4.78, 5) is 14.3. The lowest BCUT2D eigenvalue weighted by atomic mass is 10.0. The number of nitrogen functional groups attached to an aromatic ring is 1. The van der Waals surface area contributed by atoms with Crippen molar-refractivity contribution in [1.82, 2.24) is 4.90 Å². The highest BCUT2D eigenvalue weighted by Gasteiger charge is 2.23. The zero-order valence-corrected chi connectivity index (χ0v) is 12.9. The van der Waals surface area contributed by atoms with E-state index < -0.39 is 0 Å². The molecular formula is C16H25N3O2. The van der Waals surface area contributed by atoms with Gasteiger partial charge in [0.15, 0.2) is 0 Å². The monoisotopic (exact) mass is 291 g/mol. The number of rotatable bonds is 6. The molecule has 0 bridgehead atoms. The summed E-state index contributed by atoms with van der Waals surface area (Å²) in [6.45, 7) is 4.68. The molecule has 0 aromatic heterocycles. The Labute approximate surface area is 126 Å². The van der Waals surface area contributed by atoms with E-state index in [0.29, 0.717) is 23.7 Å². The van der Waals surface area contributed by atoms with Gasteiger partial charge < -0.3 is 15.8 Å². The zero-order valence-electron chi connectivity index (χ0n) is 12.9. The Balaban J connectivity index is 1.85. The Morgan fingerprint density at radius 2 is 2.33 bits per heavy atom. The van der Waals surface area contributed by atoms with Gasteiger partial charge in [0.1, 0.15) is 5.75 Å². The molecule has 0 radical (unpaired) electrons. The highest BCUT2D eigenvalue weighted by Crippen LogP contribution is 2.24. The van der Waals surface area contributed by atoms with Crippen LogP contribution in [0, 0.1) is 5.92 Å². The summed E-state index contributed by atoms with van der Waals surface area (Å²) in [5.74, 6) is 1.42. The Morgan fingerprint density at radius 3 is 3.00 bits per heavy atom. The standard InChI is InChI=1S/C16H25N3O2/c1-3-4-12-7-8-19(10-12)11-16(20)18-15-6-5-13(21-2)9-14(15)17/h5-6,9,12H,3-4,7-8,10-11,17H2,1-2H3,(H,18,20). The summed E-state index contributed by atoms with van der Waals surface area (Å²) in [7, 11) is 1.59. The number of amides is 1. The molecule has 1 amide bonds. The van der Waals surface area contributed by atoms with Crippen molar-refractivity contribution >= 4 is 17.3 Å². The number of benzene rings is 1. The second kappa shape index (κ2) is 7.31. The molecule has 1 aliphatic rings. The van der Waals surface area contributed by atoms with Gasteiger partial charge in [0.05, 0.1) is 25.0 Å². The second-order valence-electron chi connectivity index (χ2n) is 5.68. The third kappa shape index (κ3) is 4.36. The quantitative estimate of drug-likeness (QED) is 0.789. The molecule has 1 saturated heterocycles. The number of hydrogen-bond acceptors (Lipinski definition) is 4. The molecule has 1 unspecified atom stereocenters. The maximum Gasteiger partial charge on any atom is 0.238 e. The van der Waals surface area contributed by atoms with E-state index in [2.05, 4.69) is 17.1 Å². The number of methoxy groups -OCH3 is 1. The molecule has 21 heavy (non-hydrogen) atoms. The van der Waals surface area contributed by atoms with Gasteiger partial charge in [-0.05, 0) is 37.4 Å². The van der Waals surface area contributed by atoms with E-state index in [1.165, 1.54) is 19.3 Å². The number of ether oxygens (including phenoxy) is 1. The van der Waals surface area contributed by atoms with Crippen molar-refractivity contribution in [3.63, 3.8) is 0 Å². The molecule has 1 aromatic rings. The lowest BCUT2D eigenvalue weighted by molar-refractivity contribution is -0.117. The van der Waals surface area contributed by atoms with Crippen LogP contribution < -0.4 is 15.8 Å². The Hall–Kier alpha value is -1.75. The number of carbonyl (C=O) groups excluding carboxylic acids is 1. The topological polar surface area (TPSA) is 67.6 Å². The van der Waals surface area contributed by atoms with E-state index in [1.807, 2.05) is 0 Å². The fraction of sp³-hybridized carbons (Fsp3) is 0.562. The molecule has 0 spiro atoms.